The Morgan fingerprint density at radius 1 is 1.09 bits per heavy atom. The number of anilines is 1. The highest BCUT2D eigenvalue weighted by molar-refractivity contribution is 6.06. The van der Waals surface area contributed by atoms with Crippen LogP contribution in [0.4, 0.5) is 5.82 Å². The molecule has 0 unspecified atom stereocenters. The quantitative estimate of drug-likeness (QED) is 0.579. The van der Waals surface area contributed by atoms with Crippen LogP contribution >= 0.6 is 0 Å². The molecule has 8 heteroatoms. The normalized spacial score (nSPS) is 16.9. The Bertz CT molecular complexity index is 963. The smallest absolute Gasteiger partial charge is 0.251 e. The summed E-state index contributed by atoms with van der Waals surface area (Å²) >= 11 is 0. The summed E-state index contributed by atoms with van der Waals surface area (Å²) in [5.41, 5.74) is 1.80. The number of hydrogen-bond donors (Lipinski definition) is 3. The van der Waals surface area contributed by atoms with Gasteiger partial charge in [-0.2, -0.15) is 0 Å². The number of carbonyl (C=O) groups excluding carboxylic acids is 3. The largest absolute Gasteiger partial charge is 0.350 e. The second kappa shape index (κ2) is 10.4. The van der Waals surface area contributed by atoms with Gasteiger partial charge in [-0.3, -0.25) is 19.3 Å². The van der Waals surface area contributed by atoms with Crippen molar-refractivity contribution in [3.05, 3.63) is 59.8 Å². The summed E-state index contributed by atoms with van der Waals surface area (Å²) in [5, 5.41) is 8.66. The first-order valence-electron chi connectivity index (χ1n) is 10.9. The number of fused-ring (bicyclic) bond motifs is 1. The van der Waals surface area contributed by atoms with E-state index in [1.165, 1.54) is 4.90 Å². The van der Waals surface area contributed by atoms with Gasteiger partial charge in [0.1, 0.15) is 17.9 Å². The fourth-order valence-corrected chi connectivity index (χ4v) is 3.70. The van der Waals surface area contributed by atoms with Crippen LogP contribution in [0.15, 0.2) is 48.7 Å². The highest BCUT2D eigenvalue weighted by Crippen LogP contribution is 2.31. The van der Waals surface area contributed by atoms with Crippen molar-refractivity contribution in [2.24, 2.45) is 5.92 Å². The van der Waals surface area contributed by atoms with E-state index in [9.17, 15) is 14.4 Å². The number of likely N-dealkylation sites (N-methyl/N-ethyl adjacent to an activating group) is 1. The number of nitrogens with zero attached hydrogens (tertiary/aromatic N) is 2. The number of hydrogen-bond acceptors (Lipinski definition) is 5. The third kappa shape index (κ3) is 5.13. The lowest BCUT2D eigenvalue weighted by molar-refractivity contribution is -0.131. The van der Waals surface area contributed by atoms with Crippen molar-refractivity contribution in [2.75, 3.05) is 11.9 Å². The van der Waals surface area contributed by atoms with Crippen LogP contribution in [-0.4, -0.2) is 47.9 Å². The minimum Gasteiger partial charge on any atom is -0.350 e. The van der Waals surface area contributed by atoms with E-state index in [4.69, 9.17) is 0 Å². The molecule has 2 aromatic rings. The van der Waals surface area contributed by atoms with E-state index in [2.05, 4.69) is 20.9 Å². The topological polar surface area (TPSA) is 103 Å². The Hall–Kier alpha value is -3.26. The van der Waals surface area contributed by atoms with Gasteiger partial charge in [-0.25, -0.2) is 4.98 Å². The maximum absolute atomic E-state index is 13.7. The molecular weight excluding hydrogens is 406 g/mol. The van der Waals surface area contributed by atoms with Gasteiger partial charge in [0.2, 0.25) is 11.8 Å². The highest BCUT2D eigenvalue weighted by Gasteiger charge is 2.42. The molecule has 1 aliphatic heterocycles. The van der Waals surface area contributed by atoms with Crippen LogP contribution in [0, 0.1) is 5.92 Å². The summed E-state index contributed by atoms with van der Waals surface area (Å²) in [6, 6.07) is 11.3. The summed E-state index contributed by atoms with van der Waals surface area (Å²) in [7, 11) is 1.68. The molecule has 0 bridgehead atoms. The minimum absolute atomic E-state index is 0.170. The predicted molar refractivity (Wildman–Crippen MR) is 123 cm³/mol. The number of rotatable bonds is 8. The molecule has 170 valence electrons. The molecule has 1 aliphatic rings. The molecular formula is C24H31N5O3. The summed E-state index contributed by atoms with van der Waals surface area (Å²) in [6.45, 7) is 5.83. The SMILES string of the molecule is CN[C@@H](C)C(=O)N[C@H](C(=O)N1c2ncccc2C[C@@H]1C(=O)NCc1ccccc1)C(C)C. The summed E-state index contributed by atoms with van der Waals surface area (Å²) < 4.78 is 0. The molecule has 8 nitrogen and oxygen atoms in total. The summed E-state index contributed by atoms with van der Waals surface area (Å²) in [6.07, 6.45) is 1.98. The molecule has 0 spiro atoms. The van der Waals surface area contributed by atoms with Gasteiger partial charge in [-0.15, -0.1) is 0 Å². The predicted octanol–water partition coefficient (Wildman–Crippen LogP) is 1.40. The zero-order chi connectivity index (χ0) is 23.3. The van der Waals surface area contributed by atoms with Crippen LogP contribution in [0.5, 0.6) is 0 Å². The molecule has 3 atom stereocenters. The molecule has 2 heterocycles. The van der Waals surface area contributed by atoms with E-state index in [0.717, 1.165) is 11.1 Å². The third-order valence-electron chi connectivity index (χ3n) is 5.73. The fourth-order valence-electron chi connectivity index (χ4n) is 3.70. The Kier molecular flexibility index (Phi) is 7.58. The van der Waals surface area contributed by atoms with Crippen molar-refractivity contribution in [3.63, 3.8) is 0 Å². The molecule has 0 radical (unpaired) electrons. The first-order chi connectivity index (χ1) is 15.3. The average molecular weight is 438 g/mol. The standard InChI is InChI=1S/C24H31N5O3/c1-15(2)20(28-22(30)16(3)25-4)24(32)29-19(13-18-11-8-12-26-21(18)29)23(31)27-14-17-9-6-5-7-10-17/h5-12,15-16,19-20,25H,13-14H2,1-4H3,(H,27,31)(H,28,30)/t16-,19+,20-/m0/s1. The van der Waals surface area contributed by atoms with Crippen LogP contribution < -0.4 is 20.9 Å². The first-order valence-corrected chi connectivity index (χ1v) is 10.9. The number of benzene rings is 1. The number of aromatic nitrogens is 1. The van der Waals surface area contributed by atoms with Gasteiger partial charge in [-0.05, 0) is 37.1 Å². The summed E-state index contributed by atoms with van der Waals surface area (Å²) in [5.74, 6) is -0.563. The molecule has 3 amide bonds. The maximum atomic E-state index is 13.7. The van der Waals surface area contributed by atoms with Crippen LogP contribution in [0.25, 0.3) is 0 Å². The van der Waals surface area contributed by atoms with Crippen LogP contribution in [-0.2, 0) is 27.3 Å². The van der Waals surface area contributed by atoms with E-state index in [0.29, 0.717) is 18.8 Å². The molecule has 3 N–H and O–H groups in total. The van der Waals surface area contributed by atoms with Crippen LogP contribution in [0.2, 0.25) is 0 Å². The Balaban J connectivity index is 1.84. The molecule has 0 fully saturated rings. The monoisotopic (exact) mass is 437 g/mol. The van der Waals surface area contributed by atoms with E-state index in [-0.39, 0.29) is 23.6 Å². The van der Waals surface area contributed by atoms with E-state index in [1.807, 2.05) is 50.2 Å². The van der Waals surface area contributed by atoms with Crippen molar-refractivity contribution in [2.45, 2.75) is 51.9 Å². The van der Waals surface area contributed by atoms with Crippen molar-refractivity contribution in [1.82, 2.24) is 20.9 Å². The summed E-state index contributed by atoms with van der Waals surface area (Å²) in [4.78, 5) is 45.1. The number of carbonyl (C=O) groups is 3. The molecule has 3 rings (SSSR count). The van der Waals surface area contributed by atoms with Crippen LogP contribution in [0.1, 0.15) is 31.9 Å². The van der Waals surface area contributed by atoms with Gasteiger partial charge in [0.25, 0.3) is 5.91 Å². The Morgan fingerprint density at radius 2 is 1.81 bits per heavy atom. The van der Waals surface area contributed by atoms with Gasteiger partial charge in [0, 0.05) is 19.2 Å². The lowest BCUT2D eigenvalue weighted by atomic mass is 10.0. The second-order valence-electron chi connectivity index (χ2n) is 8.36. The molecule has 32 heavy (non-hydrogen) atoms. The lowest BCUT2D eigenvalue weighted by Crippen LogP contribution is -2.58. The molecule has 1 aromatic heterocycles. The van der Waals surface area contributed by atoms with Gasteiger partial charge in [-0.1, -0.05) is 50.2 Å². The van der Waals surface area contributed by atoms with Crippen molar-refractivity contribution in [1.29, 1.82) is 0 Å². The van der Waals surface area contributed by atoms with E-state index < -0.39 is 18.1 Å². The first kappa shape index (κ1) is 23.4. The van der Waals surface area contributed by atoms with Gasteiger partial charge in [0.15, 0.2) is 0 Å². The van der Waals surface area contributed by atoms with Crippen molar-refractivity contribution in [3.8, 4) is 0 Å². The van der Waals surface area contributed by atoms with Gasteiger partial charge >= 0.3 is 0 Å². The molecule has 0 saturated carbocycles. The van der Waals surface area contributed by atoms with E-state index in [1.54, 1.807) is 26.2 Å². The molecule has 1 aromatic carbocycles. The maximum Gasteiger partial charge on any atom is 0.251 e. The Morgan fingerprint density at radius 3 is 2.47 bits per heavy atom. The zero-order valence-corrected chi connectivity index (χ0v) is 19.0. The number of nitrogens with one attached hydrogen (secondary N) is 3. The van der Waals surface area contributed by atoms with Crippen molar-refractivity contribution < 1.29 is 14.4 Å². The third-order valence-corrected chi connectivity index (χ3v) is 5.73. The average Bonchev–Trinajstić information content (AvgIpc) is 3.20. The van der Waals surface area contributed by atoms with Crippen LogP contribution in [0.3, 0.4) is 0 Å². The molecule has 0 aliphatic carbocycles. The minimum atomic E-state index is -0.782. The highest BCUT2D eigenvalue weighted by atomic mass is 16.2. The second-order valence-corrected chi connectivity index (χ2v) is 8.36. The van der Waals surface area contributed by atoms with Gasteiger partial charge < -0.3 is 16.0 Å². The van der Waals surface area contributed by atoms with E-state index >= 15 is 0 Å². The van der Waals surface area contributed by atoms with Crippen molar-refractivity contribution >= 4 is 23.5 Å². The number of pyridine rings is 1. The lowest BCUT2D eigenvalue weighted by Gasteiger charge is -2.31. The molecule has 0 saturated heterocycles. The number of amides is 3. The fraction of sp³-hybridized carbons (Fsp3) is 0.417. The Labute approximate surface area is 188 Å². The van der Waals surface area contributed by atoms with Gasteiger partial charge in [0.05, 0.1) is 6.04 Å². The zero-order valence-electron chi connectivity index (χ0n) is 19.0.